The minimum atomic E-state index is -5.42. The zero-order chi connectivity index (χ0) is 45.3. The summed E-state index contributed by atoms with van der Waals surface area (Å²) < 4.78 is 132. The number of carbonyl (C=O) groups excluding carboxylic acids is 3. The molecule has 2 radical (unpaired) electrons. The molecule has 0 aromatic rings. The molecule has 3 rings (SSSR count). The van der Waals surface area contributed by atoms with Crippen LogP contribution >= 0.6 is 25.4 Å². The fourth-order valence-electron chi connectivity index (χ4n) is 3.64. The summed E-state index contributed by atoms with van der Waals surface area (Å²) >= 11 is 0. The summed E-state index contributed by atoms with van der Waals surface area (Å²) in [6, 6.07) is 0. The van der Waals surface area contributed by atoms with Gasteiger partial charge in [-0.15, -0.1) is 0 Å². The van der Waals surface area contributed by atoms with E-state index in [4.69, 9.17) is 34.8 Å². The minimum Gasteiger partial charge on any atom is -0.504 e. The van der Waals surface area contributed by atoms with Crippen LogP contribution in [-0.4, -0.2) is 91.2 Å². The number of aliphatic carboxylic acids is 3. The van der Waals surface area contributed by atoms with E-state index in [1.165, 1.54) is 77.0 Å². The summed E-state index contributed by atoms with van der Waals surface area (Å²) in [5.41, 5.74) is 1.54. The summed E-state index contributed by atoms with van der Waals surface area (Å²) in [6.07, 6.45) is -2.74. The molecule has 60 heavy (non-hydrogen) atoms. The van der Waals surface area contributed by atoms with Crippen LogP contribution in [0.25, 0.3) is 0 Å². The smallest absolute Gasteiger partial charge is 0.454 e. The number of carboxylic acids is 3. The largest absolute Gasteiger partial charge is 0.504 e. The SMILES string of the molecule is C.C.CC(=O)CC(=O)C(F)(F)F.CC(=O)O.CC(=O)O.CC(=O)O.O=C(C=C(O)C(F)(F)F)C(F)(F)F.O=PC1CCCC1.O=PC1CCCC1.O=PC1CCCC1.[Eu].[Eu]. The second-order valence-corrected chi connectivity index (χ2v) is 14.2. The van der Waals surface area contributed by atoms with Crippen LogP contribution in [0.15, 0.2) is 11.8 Å². The molecule has 356 valence electrons. The van der Waals surface area contributed by atoms with Crippen molar-refractivity contribution in [2.24, 2.45) is 0 Å². The maximum Gasteiger partial charge on any atom is 0.454 e. The number of allylic oxidation sites excluding steroid dienone is 2. The van der Waals surface area contributed by atoms with Crippen molar-refractivity contribution in [3.05, 3.63) is 11.8 Å². The molecule has 0 bridgehead atoms. The fraction of sp³-hybridized carbons (Fsp3) is 0.758. The van der Waals surface area contributed by atoms with Gasteiger partial charge in [-0.05, 0) is 45.4 Å². The molecule has 3 saturated carbocycles. The predicted octanol–water partition coefficient (Wildman–Crippen LogP) is 11.4. The molecule has 0 amide bonds. The molecule has 27 heteroatoms. The number of aliphatic hydroxyl groups is 1. The number of hydrogen-bond donors (Lipinski definition) is 4. The van der Waals surface area contributed by atoms with Crippen LogP contribution in [0.3, 0.4) is 0 Å². The molecule has 0 unspecified atom stereocenters. The molecule has 0 atom stereocenters. The van der Waals surface area contributed by atoms with Crippen molar-refractivity contribution in [3.63, 3.8) is 0 Å². The van der Waals surface area contributed by atoms with Crippen LogP contribution in [0.1, 0.15) is 126 Å². The van der Waals surface area contributed by atoms with E-state index in [2.05, 4.69) is 0 Å². The molecule has 13 nitrogen and oxygen atoms in total. The zero-order valence-electron chi connectivity index (χ0n) is 31.5. The van der Waals surface area contributed by atoms with Crippen LogP contribution in [0.4, 0.5) is 39.5 Å². The Kier molecular flexibility index (Phi) is 62.5. The average Bonchev–Trinajstić information content (AvgIpc) is 3.84. The predicted molar refractivity (Wildman–Crippen MR) is 197 cm³/mol. The number of ketones is 3. The van der Waals surface area contributed by atoms with Crippen LogP contribution in [0.5, 0.6) is 0 Å². The number of carbonyl (C=O) groups is 6. The fourth-order valence-corrected chi connectivity index (χ4v) is 5.37. The Labute approximate surface area is 430 Å². The summed E-state index contributed by atoms with van der Waals surface area (Å²) in [5, 5.41) is 30.2. The first-order valence-corrected chi connectivity index (χ1v) is 18.8. The second kappa shape index (κ2) is 46.8. The van der Waals surface area contributed by atoms with E-state index in [0.717, 1.165) is 27.7 Å². The normalized spacial score (nSPS) is 14.7. The molecular weight excluding hydrogens is 1170 g/mol. The molecule has 0 aromatic heterocycles. The van der Waals surface area contributed by atoms with Gasteiger partial charge in [-0.3, -0.25) is 42.5 Å². The molecule has 3 aliphatic carbocycles. The van der Waals surface area contributed by atoms with Gasteiger partial charge in [-0.2, -0.15) is 39.5 Å². The summed E-state index contributed by atoms with van der Waals surface area (Å²) in [6.45, 7) is 4.18. The Hall–Kier alpha value is -0.201. The van der Waals surface area contributed by atoms with Crippen molar-refractivity contribution < 1.29 is 201 Å². The number of hydrogen-bond acceptors (Lipinski definition) is 10. The molecule has 0 aromatic carbocycles. The van der Waals surface area contributed by atoms with Gasteiger partial charge in [0.25, 0.3) is 23.7 Å². The van der Waals surface area contributed by atoms with Gasteiger partial charge in [0.1, 0.15) is 5.78 Å². The van der Waals surface area contributed by atoms with E-state index in [0.29, 0.717) is 42.4 Å². The van der Waals surface area contributed by atoms with Crippen molar-refractivity contribution in [2.45, 2.75) is 162 Å². The Balaban J connectivity index is -0.0000000723. The molecule has 3 fully saturated rings. The monoisotopic (exact) mass is 1230 g/mol. The third-order valence-electron chi connectivity index (χ3n) is 5.98. The first kappa shape index (κ1) is 80.1. The third-order valence-corrected chi connectivity index (χ3v) is 8.43. The summed E-state index contributed by atoms with van der Waals surface area (Å²) in [4.78, 5) is 56.8. The first-order valence-electron chi connectivity index (χ1n) is 16.1. The topological polar surface area (TPSA) is 235 Å². The first-order chi connectivity index (χ1) is 25.4. The van der Waals surface area contributed by atoms with Gasteiger partial charge in [0.15, 0.2) is 25.4 Å². The molecule has 0 aliphatic heterocycles. The number of alkyl halides is 9. The van der Waals surface area contributed by atoms with Crippen LogP contribution in [0, 0.1) is 98.8 Å². The molecule has 0 spiro atoms. The van der Waals surface area contributed by atoms with E-state index in [9.17, 15) is 67.6 Å². The van der Waals surface area contributed by atoms with Crippen molar-refractivity contribution in [1.29, 1.82) is 0 Å². The van der Waals surface area contributed by atoms with Gasteiger partial charge >= 0.3 is 18.5 Å². The van der Waals surface area contributed by atoms with E-state index < -0.39 is 72.0 Å². The van der Waals surface area contributed by atoms with Gasteiger partial charge in [-0.25, -0.2) is 0 Å². The average molecular weight is 1230 g/mol. The number of rotatable bonds is 6. The van der Waals surface area contributed by atoms with Crippen molar-refractivity contribution >= 4 is 60.6 Å². The van der Waals surface area contributed by atoms with Gasteiger partial charge in [0.05, 0.1) is 6.42 Å². The van der Waals surface area contributed by atoms with Gasteiger partial charge in [0, 0.05) is 143 Å². The Morgan fingerprint density at radius 3 is 0.817 bits per heavy atom. The number of aliphatic hydroxyl groups excluding tert-OH is 1. The van der Waals surface area contributed by atoms with Crippen molar-refractivity contribution in [3.8, 4) is 0 Å². The quantitative estimate of drug-likeness (QED) is 0.0638. The molecule has 0 heterocycles. The maximum atomic E-state index is 11.4. The molecule has 3 aliphatic rings. The Morgan fingerprint density at radius 2 is 0.717 bits per heavy atom. The Bertz CT molecular complexity index is 1150. The minimum absolute atomic E-state index is 0. The van der Waals surface area contributed by atoms with Crippen LogP contribution in [-0.2, 0) is 42.5 Å². The number of Topliss-reactive ketones (excluding diaryl/α,β-unsaturated/α-hetero) is 2. The van der Waals surface area contributed by atoms with Gasteiger partial charge < -0.3 is 20.4 Å². The summed E-state index contributed by atoms with van der Waals surface area (Å²) in [5.74, 6) is -10.6. The zero-order valence-corrected chi connectivity index (χ0v) is 39.0. The number of halogens is 9. The van der Waals surface area contributed by atoms with E-state index in [-0.39, 0.29) is 114 Å². The van der Waals surface area contributed by atoms with Crippen molar-refractivity contribution in [1.82, 2.24) is 0 Å². The van der Waals surface area contributed by atoms with E-state index >= 15 is 0 Å². The maximum absolute atomic E-state index is 11.4. The Morgan fingerprint density at radius 1 is 0.500 bits per heavy atom. The van der Waals surface area contributed by atoms with Gasteiger partial charge in [-0.1, -0.05) is 53.4 Å². The van der Waals surface area contributed by atoms with Crippen LogP contribution < -0.4 is 0 Å². The summed E-state index contributed by atoms with van der Waals surface area (Å²) in [7, 11) is 1.12. The molecule has 4 N–H and O–H groups in total. The molecular formula is C33H54Eu2F9O13P3. The van der Waals surface area contributed by atoms with Crippen molar-refractivity contribution in [2.75, 3.05) is 0 Å². The van der Waals surface area contributed by atoms with Crippen LogP contribution in [0.2, 0.25) is 0 Å². The number of carboxylic acid groups (broad SMARTS) is 3. The standard InChI is InChI=1S/C5H2F6O2.C5H5F3O2.3C5H9OP.3C2H4O2.2CH4.2Eu/c6-4(7,8)2(12)1-3(13)5(9,10)11;1-3(9)2-4(10)5(6,7)8;3*6-7-5-3-1-2-4-5;3*1-2(3)4;;;;/h1,12H;2H2,1H3;3*5H,1-4H2;3*1H3,(H,3,4);2*1H4;;. The second-order valence-electron chi connectivity index (χ2n) is 11.4. The third kappa shape index (κ3) is 66.9. The van der Waals surface area contributed by atoms with E-state index in [1.807, 2.05) is 0 Å². The van der Waals surface area contributed by atoms with E-state index in [1.54, 1.807) is 0 Å². The van der Waals surface area contributed by atoms with Gasteiger partial charge in [0.2, 0.25) is 11.5 Å². The molecule has 0 saturated heterocycles.